The normalized spacial score (nSPS) is 10.5. The SMILES string of the molecule is CCCCOc1cccc(-c2nc(N)nc(C)c2C(=O)N(C)C)c1. The van der Waals surface area contributed by atoms with Crippen LogP contribution in [0.25, 0.3) is 11.3 Å². The number of hydrogen-bond acceptors (Lipinski definition) is 5. The van der Waals surface area contributed by atoms with Crippen molar-refractivity contribution in [3.8, 4) is 17.0 Å². The van der Waals surface area contributed by atoms with E-state index in [-0.39, 0.29) is 11.9 Å². The number of benzene rings is 1. The highest BCUT2D eigenvalue weighted by Crippen LogP contribution is 2.28. The van der Waals surface area contributed by atoms with Crippen molar-refractivity contribution in [2.45, 2.75) is 26.7 Å². The lowest BCUT2D eigenvalue weighted by Crippen LogP contribution is -2.24. The molecule has 0 aliphatic rings. The molecular weight excluding hydrogens is 304 g/mol. The molecule has 2 aromatic rings. The molecule has 1 aromatic heterocycles. The van der Waals surface area contributed by atoms with Crippen molar-refractivity contribution < 1.29 is 9.53 Å². The molecule has 0 fully saturated rings. The summed E-state index contributed by atoms with van der Waals surface area (Å²) in [5.41, 5.74) is 8.13. The van der Waals surface area contributed by atoms with E-state index in [0.29, 0.717) is 23.6 Å². The summed E-state index contributed by atoms with van der Waals surface area (Å²) in [6, 6.07) is 7.54. The number of carbonyl (C=O) groups is 1. The highest BCUT2D eigenvalue weighted by Gasteiger charge is 2.21. The first-order valence-electron chi connectivity index (χ1n) is 8.03. The third-order valence-electron chi connectivity index (χ3n) is 3.60. The van der Waals surface area contributed by atoms with Gasteiger partial charge in [-0.3, -0.25) is 4.79 Å². The van der Waals surface area contributed by atoms with E-state index in [0.717, 1.165) is 24.2 Å². The average Bonchev–Trinajstić information content (AvgIpc) is 2.54. The van der Waals surface area contributed by atoms with Gasteiger partial charge in [-0.15, -0.1) is 0 Å². The van der Waals surface area contributed by atoms with Crippen molar-refractivity contribution in [3.05, 3.63) is 35.5 Å². The quantitative estimate of drug-likeness (QED) is 0.825. The van der Waals surface area contributed by atoms with Crippen LogP contribution in [-0.2, 0) is 0 Å². The number of rotatable bonds is 6. The van der Waals surface area contributed by atoms with Crippen molar-refractivity contribution in [2.75, 3.05) is 26.4 Å². The summed E-state index contributed by atoms with van der Waals surface area (Å²) in [6.45, 7) is 4.54. The molecule has 0 spiro atoms. The van der Waals surface area contributed by atoms with Crippen LogP contribution < -0.4 is 10.5 Å². The second kappa shape index (κ2) is 7.77. The first-order chi connectivity index (χ1) is 11.4. The summed E-state index contributed by atoms with van der Waals surface area (Å²) in [5, 5.41) is 0. The Morgan fingerprint density at radius 1 is 1.29 bits per heavy atom. The van der Waals surface area contributed by atoms with Crippen LogP contribution in [0.1, 0.15) is 35.8 Å². The van der Waals surface area contributed by atoms with Gasteiger partial charge in [-0.05, 0) is 25.5 Å². The predicted octanol–water partition coefficient (Wildman–Crippen LogP) is 2.91. The molecule has 6 nitrogen and oxygen atoms in total. The molecule has 0 aliphatic carbocycles. The Morgan fingerprint density at radius 2 is 2.04 bits per heavy atom. The Labute approximate surface area is 142 Å². The molecule has 0 radical (unpaired) electrons. The summed E-state index contributed by atoms with van der Waals surface area (Å²) in [4.78, 5) is 22.5. The van der Waals surface area contributed by atoms with E-state index in [9.17, 15) is 4.79 Å². The van der Waals surface area contributed by atoms with Gasteiger partial charge in [-0.1, -0.05) is 25.5 Å². The Morgan fingerprint density at radius 3 is 2.71 bits per heavy atom. The number of ether oxygens (including phenoxy) is 1. The molecule has 0 saturated heterocycles. The Balaban J connectivity index is 2.48. The molecule has 0 bridgehead atoms. The van der Waals surface area contributed by atoms with Crippen LogP contribution in [0.3, 0.4) is 0 Å². The third kappa shape index (κ3) is 4.01. The molecule has 1 heterocycles. The maximum Gasteiger partial charge on any atom is 0.257 e. The van der Waals surface area contributed by atoms with E-state index in [2.05, 4.69) is 16.9 Å². The largest absolute Gasteiger partial charge is 0.494 e. The van der Waals surface area contributed by atoms with Gasteiger partial charge >= 0.3 is 0 Å². The van der Waals surface area contributed by atoms with Crippen molar-refractivity contribution in [3.63, 3.8) is 0 Å². The van der Waals surface area contributed by atoms with E-state index in [1.54, 1.807) is 21.0 Å². The Hall–Kier alpha value is -2.63. The lowest BCUT2D eigenvalue weighted by atomic mass is 10.0. The number of unbranched alkanes of at least 4 members (excludes halogenated alkanes) is 1. The first-order valence-corrected chi connectivity index (χ1v) is 8.03. The smallest absolute Gasteiger partial charge is 0.257 e. The molecule has 2 N–H and O–H groups in total. The topological polar surface area (TPSA) is 81.3 Å². The fourth-order valence-corrected chi connectivity index (χ4v) is 2.35. The monoisotopic (exact) mass is 328 g/mol. The van der Waals surface area contributed by atoms with Crippen LogP contribution in [0.5, 0.6) is 5.75 Å². The van der Waals surface area contributed by atoms with Gasteiger partial charge in [-0.25, -0.2) is 9.97 Å². The standard InChI is InChI=1S/C18H24N4O2/c1-5-6-10-24-14-9-7-8-13(11-14)16-15(17(23)22(3)4)12(2)20-18(19)21-16/h7-9,11H,5-6,10H2,1-4H3,(H2,19,20,21). The molecule has 0 atom stereocenters. The number of amides is 1. The van der Waals surface area contributed by atoms with Gasteiger partial charge in [0.15, 0.2) is 0 Å². The minimum absolute atomic E-state index is 0.148. The fourth-order valence-electron chi connectivity index (χ4n) is 2.35. The average molecular weight is 328 g/mol. The molecule has 6 heteroatoms. The zero-order valence-electron chi connectivity index (χ0n) is 14.7. The predicted molar refractivity (Wildman–Crippen MR) is 95.0 cm³/mol. The zero-order chi connectivity index (χ0) is 17.7. The van der Waals surface area contributed by atoms with Crippen molar-refractivity contribution in [1.29, 1.82) is 0 Å². The van der Waals surface area contributed by atoms with Gasteiger partial charge in [-0.2, -0.15) is 0 Å². The summed E-state index contributed by atoms with van der Waals surface area (Å²) >= 11 is 0. The number of nitrogen functional groups attached to an aromatic ring is 1. The van der Waals surface area contributed by atoms with Gasteiger partial charge in [0.25, 0.3) is 5.91 Å². The van der Waals surface area contributed by atoms with Gasteiger partial charge in [0.05, 0.1) is 23.6 Å². The van der Waals surface area contributed by atoms with Crippen LogP contribution >= 0.6 is 0 Å². The molecule has 0 unspecified atom stereocenters. The second-order valence-corrected chi connectivity index (χ2v) is 5.82. The van der Waals surface area contributed by atoms with E-state index in [1.165, 1.54) is 4.90 Å². The van der Waals surface area contributed by atoms with Crippen molar-refractivity contribution >= 4 is 11.9 Å². The maximum atomic E-state index is 12.5. The summed E-state index contributed by atoms with van der Waals surface area (Å²) in [7, 11) is 3.40. The Bertz CT molecular complexity index is 729. The van der Waals surface area contributed by atoms with E-state index >= 15 is 0 Å². The molecule has 2 rings (SSSR count). The maximum absolute atomic E-state index is 12.5. The van der Waals surface area contributed by atoms with Crippen molar-refractivity contribution in [2.24, 2.45) is 0 Å². The van der Waals surface area contributed by atoms with Gasteiger partial charge in [0.2, 0.25) is 5.95 Å². The van der Waals surface area contributed by atoms with Crippen LogP contribution in [0.4, 0.5) is 5.95 Å². The minimum atomic E-state index is -0.153. The molecule has 128 valence electrons. The van der Waals surface area contributed by atoms with E-state index < -0.39 is 0 Å². The van der Waals surface area contributed by atoms with Crippen molar-refractivity contribution in [1.82, 2.24) is 14.9 Å². The summed E-state index contributed by atoms with van der Waals surface area (Å²) in [6.07, 6.45) is 2.07. The lowest BCUT2D eigenvalue weighted by molar-refractivity contribution is 0.0827. The zero-order valence-corrected chi connectivity index (χ0v) is 14.7. The molecule has 1 aromatic carbocycles. The molecule has 1 amide bonds. The lowest BCUT2D eigenvalue weighted by Gasteiger charge is -2.16. The fraction of sp³-hybridized carbons (Fsp3) is 0.389. The summed E-state index contributed by atoms with van der Waals surface area (Å²) < 4.78 is 5.75. The number of carbonyl (C=O) groups excluding carboxylic acids is 1. The minimum Gasteiger partial charge on any atom is -0.494 e. The Kier molecular flexibility index (Phi) is 5.73. The second-order valence-electron chi connectivity index (χ2n) is 5.82. The van der Waals surface area contributed by atoms with Gasteiger partial charge in [0.1, 0.15) is 5.75 Å². The van der Waals surface area contributed by atoms with Crippen LogP contribution in [0.2, 0.25) is 0 Å². The number of nitrogens with zero attached hydrogens (tertiary/aromatic N) is 3. The van der Waals surface area contributed by atoms with E-state index in [1.807, 2.05) is 24.3 Å². The van der Waals surface area contributed by atoms with Gasteiger partial charge < -0.3 is 15.4 Å². The molecule has 24 heavy (non-hydrogen) atoms. The molecule has 0 saturated carbocycles. The highest BCUT2D eigenvalue weighted by atomic mass is 16.5. The van der Waals surface area contributed by atoms with E-state index in [4.69, 9.17) is 10.5 Å². The van der Waals surface area contributed by atoms with Crippen LogP contribution in [0.15, 0.2) is 24.3 Å². The van der Waals surface area contributed by atoms with Crippen LogP contribution in [0, 0.1) is 6.92 Å². The summed E-state index contributed by atoms with van der Waals surface area (Å²) in [5.74, 6) is 0.744. The number of aromatic nitrogens is 2. The van der Waals surface area contributed by atoms with Gasteiger partial charge in [0, 0.05) is 19.7 Å². The molecule has 0 aliphatic heterocycles. The highest BCUT2D eigenvalue weighted by molar-refractivity contribution is 6.00. The number of nitrogens with two attached hydrogens (primary N) is 1. The van der Waals surface area contributed by atoms with Crippen LogP contribution in [-0.4, -0.2) is 41.5 Å². The number of anilines is 1. The molecular formula is C18H24N4O2. The number of aryl methyl sites for hydroxylation is 1. The first kappa shape index (κ1) is 17.7. The number of hydrogen-bond donors (Lipinski definition) is 1. The third-order valence-corrected chi connectivity index (χ3v) is 3.60.